The first kappa shape index (κ1) is 15.2. The number of fused-ring (bicyclic) bond motifs is 1. The smallest absolute Gasteiger partial charge is 0.192 e. The highest BCUT2D eigenvalue weighted by Gasteiger charge is 2.17. The maximum absolute atomic E-state index is 6.76. The molecule has 0 amide bonds. The molecule has 1 aromatic heterocycles. The number of para-hydroxylation sites is 1. The van der Waals surface area contributed by atoms with Gasteiger partial charge >= 0.3 is 0 Å². The van der Waals surface area contributed by atoms with Crippen LogP contribution in [-0.2, 0) is 0 Å². The molecule has 0 radical (unpaired) electrons. The van der Waals surface area contributed by atoms with Crippen molar-refractivity contribution in [1.29, 1.82) is 5.53 Å². The summed E-state index contributed by atoms with van der Waals surface area (Å²) in [5.41, 5.74) is 10.6. The number of hydrogen-bond acceptors (Lipinski definition) is 4. The molecule has 0 spiro atoms. The molecule has 0 bridgehead atoms. The second kappa shape index (κ2) is 7.56. The van der Waals surface area contributed by atoms with Crippen LogP contribution in [0.25, 0.3) is 10.9 Å². The predicted molar refractivity (Wildman–Crippen MR) is 83.2 cm³/mol. The van der Waals surface area contributed by atoms with Crippen LogP contribution in [0.5, 0.6) is 0 Å². The topological polar surface area (TPSA) is 81.3 Å². The van der Waals surface area contributed by atoms with E-state index in [0.29, 0.717) is 0 Å². The summed E-state index contributed by atoms with van der Waals surface area (Å²) in [6.07, 6.45) is 2.16. The minimum Gasteiger partial charge on any atom is -0.309 e. The van der Waals surface area contributed by atoms with E-state index in [1.165, 1.54) is 6.34 Å². The fourth-order valence-corrected chi connectivity index (χ4v) is 2.16. The highest BCUT2D eigenvalue weighted by Crippen LogP contribution is 2.16. The van der Waals surface area contributed by atoms with Crippen molar-refractivity contribution in [2.45, 2.75) is 12.5 Å². The van der Waals surface area contributed by atoms with Gasteiger partial charge in [-0.15, -0.1) is 5.11 Å². The molecule has 0 fully saturated rings. The molecule has 0 aliphatic rings. The van der Waals surface area contributed by atoms with Crippen LogP contribution in [0, 0.1) is 5.53 Å². The SMILES string of the molecule is CN(C)CCC([NH2+]N=CN=N)c1ccc2ccccc2n1. The first-order valence-electron chi connectivity index (χ1n) is 6.92. The van der Waals surface area contributed by atoms with Crippen molar-refractivity contribution in [3.05, 3.63) is 42.1 Å². The highest BCUT2D eigenvalue weighted by atomic mass is 15.3. The molecule has 0 aliphatic carbocycles. The lowest BCUT2D eigenvalue weighted by molar-refractivity contribution is -0.703. The lowest BCUT2D eigenvalue weighted by Gasteiger charge is -2.15. The van der Waals surface area contributed by atoms with Gasteiger partial charge in [-0.1, -0.05) is 29.4 Å². The minimum atomic E-state index is 0.120. The third kappa shape index (κ3) is 4.40. The van der Waals surface area contributed by atoms with Crippen LogP contribution in [0.2, 0.25) is 0 Å². The van der Waals surface area contributed by atoms with E-state index in [0.717, 1.165) is 29.6 Å². The predicted octanol–water partition coefficient (Wildman–Crippen LogP) is 1.77. The Bertz CT molecular complexity index is 622. The number of nitrogens with one attached hydrogen (secondary N) is 1. The molecule has 1 atom stereocenters. The Labute approximate surface area is 124 Å². The summed E-state index contributed by atoms with van der Waals surface area (Å²) in [6, 6.07) is 12.3. The van der Waals surface area contributed by atoms with Crippen LogP contribution in [0.4, 0.5) is 0 Å². The van der Waals surface area contributed by atoms with E-state index in [1.54, 1.807) is 0 Å². The largest absolute Gasteiger partial charge is 0.309 e. The van der Waals surface area contributed by atoms with Crippen molar-refractivity contribution in [3.63, 3.8) is 0 Å². The van der Waals surface area contributed by atoms with Crippen molar-refractivity contribution in [1.82, 2.24) is 9.88 Å². The summed E-state index contributed by atoms with van der Waals surface area (Å²) in [5.74, 6) is 0. The van der Waals surface area contributed by atoms with Crippen molar-refractivity contribution < 1.29 is 5.43 Å². The summed E-state index contributed by atoms with van der Waals surface area (Å²) in [4.78, 5) is 6.87. The zero-order valence-corrected chi connectivity index (χ0v) is 12.4. The maximum Gasteiger partial charge on any atom is 0.192 e. The molecule has 0 saturated carbocycles. The fraction of sp³-hybridized carbons (Fsp3) is 0.333. The van der Waals surface area contributed by atoms with Crippen LogP contribution in [0.1, 0.15) is 18.2 Å². The average molecular weight is 285 g/mol. The number of nitrogens with zero attached hydrogens (tertiary/aromatic N) is 4. The van der Waals surface area contributed by atoms with E-state index < -0.39 is 0 Å². The Hall–Kier alpha value is -2.18. The molecular weight excluding hydrogens is 264 g/mol. The van der Waals surface area contributed by atoms with E-state index in [-0.39, 0.29) is 6.04 Å². The van der Waals surface area contributed by atoms with Gasteiger partial charge in [0.05, 0.1) is 5.52 Å². The summed E-state index contributed by atoms with van der Waals surface area (Å²) < 4.78 is 0. The Morgan fingerprint density at radius 2 is 2.10 bits per heavy atom. The van der Waals surface area contributed by atoms with Gasteiger partial charge in [0, 0.05) is 18.4 Å². The second-order valence-electron chi connectivity index (χ2n) is 5.17. The normalized spacial score (nSPS) is 13.1. The first-order chi connectivity index (χ1) is 10.2. The molecule has 0 saturated heterocycles. The standard InChI is InChI=1S/C15H20N6/c1-21(2)10-9-15(20-18-11-17-16)14-8-7-12-5-3-4-6-13(12)19-14/h3-8,11,15-16,20H,9-10H2,1-2H3/p+1. The zero-order chi connectivity index (χ0) is 15.1. The maximum atomic E-state index is 6.76. The molecule has 1 heterocycles. The van der Waals surface area contributed by atoms with Crippen molar-refractivity contribution in [2.24, 2.45) is 10.2 Å². The molecule has 21 heavy (non-hydrogen) atoms. The number of rotatable bonds is 7. The number of hydrogen-bond donors (Lipinski definition) is 2. The summed E-state index contributed by atoms with van der Waals surface area (Å²) in [7, 11) is 4.10. The third-order valence-corrected chi connectivity index (χ3v) is 3.28. The molecule has 1 unspecified atom stereocenters. The molecule has 2 aromatic rings. The van der Waals surface area contributed by atoms with E-state index in [2.05, 4.69) is 27.2 Å². The van der Waals surface area contributed by atoms with Crippen molar-refractivity contribution in [3.8, 4) is 0 Å². The third-order valence-electron chi connectivity index (χ3n) is 3.28. The quantitative estimate of drug-likeness (QED) is 0.267. The van der Waals surface area contributed by atoms with Crippen LogP contribution in [-0.4, -0.2) is 36.9 Å². The average Bonchev–Trinajstić information content (AvgIpc) is 2.50. The van der Waals surface area contributed by atoms with Crippen molar-refractivity contribution >= 4 is 17.2 Å². The molecule has 3 N–H and O–H groups in total. The Morgan fingerprint density at radius 1 is 1.29 bits per heavy atom. The van der Waals surface area contributed by atoms with Crippen molar-refractivity contribution in [2.75, 3.05) is 20.6 Å². The number of benzene rings is 1. The molecule has 110 valence electrons. The van der Waals surface area contributed by atoms with Crippen LogP contribution >= 0.6 is 0 Å². The summed E-state index contributed by atoms with van der Waals surface area (Å²) >= 11 is 0. The molecule has 6 heteroatoms. The lowest BCUT2D eigenvalue weighted by Crippen LogP contribution is -2.79. The number of aromatic nitrogens is 1. The molecule has 0 aliphatic heterocycles. The minimum absolute atomic E-state index is 0.120. The molecule has 2 rings (SSSR count). The van der Waals surface area contributed by atoms with Gasteiger partial charge in [0.2, 0.25) is 0 Å². The van der Waals surface area contributed by atoms with Gasteiger partial charge in [0.15, 0.2) is 12.4 Å². The second-order valence-corrected chi connectivity index (χ2v) is 5.17. The van der Waals surface area contributed by atoms with Gasteiger partial charge in [-0.2, -0.15) is 0 Å². The number of pyridine rings is 1. The fourth-order valence-electron chi connectivity index (χ4n) is 2.16. The Balaban J connectivity index is 2.23. The van der Waals surface area contributed by atoms with E-state index in [9.17, 15) is 0 Å². The summed E-state index contributed by atoms with van der Waals surface area (Å²) in [6.45, 7) is 0.948. The van der Waals surface area contributed by atoms with Gasteiger partial charge in [-0.05, 0) is 26.2 Å². The van der Waals surface area contributed by atoms with Crippen LogP contribution in [0.3, 0.4) is 0 Å². The van der Waals surface area contributed by atoms with Gasteiger partial charge in [0.25, 0.3) is 0 Å². The monoisotopic (exact) mass is 285 g/mol. The first-order valence-corrected chi connectivity index (χ1v) is 6.92. The van der Waals surface area contributed by atoms with Crippen LogP contribution < -0.4 is 5.43 Å². The summed E-state index contributed by atoms with van der Waals surface area (Å²) in [5, 5.41) is 8.34. The molecule has 1 aromatic carbocycles. The zero-order valence-electron chi connectivity index (χ0n) is 12.4. The van der Waals surface area contributed by atoms with E-state index >= 15 is 0 Å². The molecular formula is C15H21N6+. The Morgan fingerprint density at radius 3 is 2.86 bits per heavy atom. The van der Waals surface area contributed by atoms with Gasteiger partial charge < -0.3 is 4.90 Å². The van der Waals surface area contributed by atoms with E-state index in [4.69, 9.17) is 10.5 Å². The van der Waals surface area contributed by atoms with E-state index in [1.807, 2.05) is 43.8 Å². The number of quaternary nitrogens is 1. The van der Waals surface area contributed by atoms with Crippen LogP contribution in [0.15, 0.2) is 46.6 Å². The van der Waals surface area contributed by atoms with Gasteiger partial charge in [-0.25, -0.2) is 15.9 Å². The lowest BCUT2D eigenvalue weighted by atomic mass is 10.1. The van der Waals surface area contributed by atoms with Gasteiger partial charge in [0.1, 0.15) is 5.69 Å². The molecule has 6 nitrogen and oxygen atoms in total. The van der Waals surface area contributed by atoms with Gasteiger partial charge in [-0.3, -0.25) is 0 Å². The highest BCUT2D eigenvalue weighted by molar-refractivity contribution is 5.78. The number of nitrogens with two attached hydrogens (primary N) is 1. The Kier molecular flexibility index (Phi) is 5.48.